The van der Waals surface area contributed by atoms with E-state index in [9.17, 15) is 19.4 Å². The highest BCUT2D eigenvalue weighted by Crippen LogP contribution is 2.43. The fraction of sp³-hybridized carbons (Fsp3) is 0.947. The van der Waals surface area contributed by atoms with Crippen LogP contribution in [0.15, 0.2) is 12.2 Å². The van der Waals surface area contributed by atoms with E-state index in [0.717, 1.165) is 32.1 Å². The third-order valence-corrected chi connectivity index (χ3v) is 14.5. The normalized spacial score (nSPS) is 14.0. The van der Waals surface area contributed by atoms with Crippen LogP contribution in [0.4, 0.5) is 0 Å². The smallest absolute Gasteiger partial charge is 0.387 e. The fourth-order valence-electron chi connectivity index (χ4n) is 8.93. The van der Waals surface area contributed by atoms with E-state index in [1.165, 1.54) is 244 Å². The van der Waals surface area contributed by atoms with Crippen molar-refractivity contribution in [2.75, 3.05) is 40.9 Å². The molecule has 394 valence electrons. The molecule has 0 aromatic heterocycles. The maximum Gasteiger partial charge on any atom is 0.472 e. The van der Waals surface area contributed by atoms with E-state index in [-0.39, 0.29) is 19.1 Å². The van der Waals surface area contributed by atoms with Crippen molar-refractivity contribution in [2.24, 2.45) is 0 Å². The Kier molecular flexibility index (Phi) is 48.7. The molecule has 0 saturated heterocycles. The van der Waals surface area contributed by atoms with Crippen molar-refractivity contribution in [1.82, 2.24) is 5.32 Å². The number of unbranched alkanes of at least 4 members (excludes halogenated alkanes) is 41. The van der Waals surface area contributed by atoms with Crippen molar-refractivity contribution in [3.05, 3.63) is 12.2 Å². The van der Waals surface area contributed by atoms with Crippen molar-refractivity contribution >= 4 is 13.7 Å². The third kappa shape index (κ3) is 51.1. The highest BCUT2D eigenvalue weighted by atomic mass is 31.2. The van der Waals surface area contributed by atoms with Gasteiger partial charge in [-0.15, -0.1) is 0 Å². The maximum absolute atomic E-state index is 12.9. The van der Waals surface area contributed by atoms with E-state index in [2.05, 4.69) is 19.2 Å². The second-order valence-electron chi connectivity index (χ2n) is 21.4. The van der Waals surface area contributed by atoms with Gasteiger partial charge in [-0.1, -0.05) is 283 Å². The van der Waals surface area contributed by atoms with Crippen LogP contribution in [-0.4, -0.2) is 73.4 Å². The molecule has 0 spiro atoms. The molecule has 0 fully saturated rings. The molecule has 8 nitrogen and oxygen atoms in total. The Morgan fingerprint density at radius 1 is 0.500 bits per heavy atom. The first-order valence-corrected chi connectivity index (χ1v) is 30.6. The summed E-state index contributed by atoms with van der Waals surface area (Å²) < 4.78 is 23.7. The fourth-order valence-corrected chi connectivity index (χ4v) is 9.66. The third-order valence-electron chi connectivity index (χ3n) is 13.5. The highest BCUT2D eigenvalue weighted by molar-refractivity contribution is 7.47. The zero-order chi connectivity index (χ0) is 48.5. The van der Waals surface area contributed by atoms with E-state index in [0.29, 0.717) is 17.4 Å². The Balaban J connectivity index is 4.00. The summed E-state index contributed by atoms with van der Waals surface area (Å²) in [6.07, 6.45) is 60.5. The van der Waals surface area contributed by atoms with Gasteiger partial charge < -0.3 is 19.8 Å². The summed E-state index contributed by atoms with van der Waals surface area (Å²) in [4.78, 5) is 23.2. The number of aliphatic hydroxyl groups is 1. The van der Waals surface area contributed by atoms with Gasteiger partial charge in [-0.3, -0.25) is 13.8 Å². The van der Waals surface area contributed by atoms with Crippen LogP contribution in [0.25, 0.3) is 0 Å². The molecule has 9 heteroatoms. The molecular formula is C57H116N2O6P+. The molecule has 0 aromatic carbocycles. The van der Waals surface area contributed by atoms with Gasteiger partial charge in [0.05, 0.1) is 39.9 Å². The van der Waals surface area contributed by atoms with Gasteiger partial charge >= 0.3 is 7.82 Å². The second kappa shape index (κ2) is 49.2. The van der Waals surface area contributed by atoms with E-state index < -0.39 is 20.0 Å². The van der Waals surface area contributed by atoms with Crippen LogP contribution in [0.1, 0.15) is 296 Å². The topological polar surface area (TPSA) is 105 Å². The van der Waals surface area contributed by atoms with Crippen molar-refractivity contribution in [3.8, 4) is 0 Å². The lowest BCUT2D eigenvalue weighted by molar-refractivity contribution is -0.870. The number of aliphatic hydroxyl groups excluding tert-OH is 1. The number of rotatable bonds is 54. The number of hydrogen-bond donors (Lipinski definition) is 3. The molecule has 0 heterocycles. The van der Waals surface area contributed by atoms with Crippen LogP contribution in [0.3, 0.4) is 0 Å². The van der Waals surface area contributed by atoms with Crippen LogP contribution < -0.4 is 5.32 Å². The predicted octanol–water partition coefficient (Wildman–Crippen LogP) is 17.4. The summed E-state index contributed by atoms with van der Waals surface area (Å²) in [5.41, 5.74) is 0. The van der Waals surface area contributed by atoms with E-state index >= 15 is 0 Å². The lowest BCUT2D eigenvalue weighted by Crippen LogP contribution is -2.45. The first kappa shape index (κ1) is 65.2. The SMILES string of the molecule is CCCCCCCCCCCCCCCCCCCCCCCCCCCCCCCC/C=C/C(O)C(COP(=O)(O)OCC[N+](C)(C)C)NC(=O)CCCCCCCCCCCCCC. The minimum Gasteiger partial charge on any atom is -0.387 e. The van der Waals surface area contributed by atoms with Crippen molar-refractivity contribution in [3.63, 3.8) is 0 Å². The number of carbonyl (C=O) groups excluding carboxylic acids is 1. The summed E-state index contributed by atoms with van der Waals surface area (Å²) in [6.45, 7) is 4.85. The molecule has 3 atom stereocenters. The van der Waals surface area contributed by atoms with E-state index in [1.54, 1.807) is 6.08 Å². The van der Waals surface area contributed by atoms with Crippen molar-refractivity contribution in [1.29, 1.82) is 0 Å². The van der Waals surface area contributed by atoms with Gasteiger partial charge in [0.1, 0.15) is 13.2 Å². The summed E-state index contributed by atoms with van der Waals surface area (Å²) in [5, 5.41) is 13.9. The number of nitrogens with one attached hydrogen (secondary N) is 1. The molecule has 0 aliphatic carbocycles. The maximum atomic E-state index is 12.9. The molecule has 0 radical (unpaired) electrons. The summed E-state index contributed by atoms with van der Waals surface area (Å²) in [7, 11) is 1.59. The van der Waals surface area contributed by atoms with Gasteiger partial charge in [-0.2, -0.15) is 0 Å². The standard InChI is InChI=1S/C57H115N2O6P/c1-6-8-10-12-14-16-18-20-21-22-23-24-25-26-27-28-29-30-31-32-33-34-35-36-37-38-39-40-42-44-46-48-50-56(60)55(54-65-66(62,63)64-53-52-59(3,4)5)58-57(61)51-49-47-45-43-41-19-17-15-13-11-9-7-2/h48,50,55-56,60H,6-47,49,51-54H2,1-5H3,(H-,58,61,62,63)/p+1/b50-48+. The molecule has 0 aliphatic heterocycles. The summed E-state index contributed by atoms with van der Waals surface area (Å²) in [6, 6.07) is -0.841. The Morgan fingerprint density at radius 2 is 0.803 bits per heavy atom. The summed E-state index contributed by atoms with van der Waals surface area (Å²) in [5.74, 6) is -0.173. The average Bonchev–Trinajstić information content (AvgIpc) is 3.28. The van der Waals surface area contributed by atoms with Gasteiger partial charge in [0.15, 0.2) is 0 Å². The minimum absolute atomic E-state index is 0.0649. The Morgan fingerprint density at radius 3 is 1.12 bits per heavy atom. The van der Waals surface area contributed by atoms with Gasteiger partial charge in [0.2, 0.25) is 5.91 Å². The van der Waals surface area contributed by atoms with Gasteiger partial charge in [-0.25, -0.2) is 4.57 Å². The van der Waals surface area contributed by atoms with Gasteiger partial charge in [-0.05, 0) is 19.3 Å². The monoisotopic (exact) mass is 956 g/mol. The van der Waals surface area contributed by atoms with Crippen LogP contribution >= 0.6 is 7.82 Å². The van der Waals surface area contributed by atoms with Crippen LogP contribution in [-0.2, 0) is 18.4 Å². The van der Waals surface area contributed by atoms with Crippen LogP contribution in [0.2, 0.25) is 0 Å². The molecule has 1 amide bonds. The molecule has 0 bridgehead atoms. The molecular weight excluding hydrogens is 840 g/mol. The highest BCUT2D eigenvalue weighted by Gasteiger charge is 2.27. The van der Waals surface area contributed by atoms with E-state index in [1.807, 2.05) is 27.2 Å². The van der Waals surface area contributed by atoms with Gasteiger partial charge in [0.25, 0.3) is 0 Å². The number of quaternary nitrogens is 1. The summed E-state index contributed by atoms with van der Waals surface area (Å²) >= 11 is 0. The first-order chi connectivity index (χ1) is 32.0. The Bertz CT molecular complexity index is 1080. The van der Waals surface area contributed by atoms with Crippen molar-refractivity contribution in [2.45, 2.75) is 309 Å². The number of likely N-dealkylation sites (N-methyl/N-ethyl adjacent to an activating group) is 1. The Labute approximate surface area is 412 Å². The predicted molar refractivity (Wildman–Crippen MR) is 286 cm³/mol. The number of hydrogen-bond acceptors (Lipinski definition) is 5. The number of carbonyl (C=O) groups is 1. The lowest BCUT2D eigenvalue weighted by Gasteiger charge is -2.25. The minimum atomic E-state index is -4.34. The molecule has 3 N–H and O–H groups in total. The number of phosphoric acid groups is 1. The molecule has 0 aromatic rings. The molecule has 0 aliphatic rings. The average molecular weight is 957 g/mol. The number of allylic oxidation sites excluding steroid dienone is 1. The van der Waals surface area contributed by atoms with E-state index in [4.69, 9.17) is 9.05 Å². The quantitative estimate of drug-likeness (QED) is 0.0243. The van der Waals surface area contributed by atoms with Crippen LogP contribution in [0.5, 0.6) is 0 Å². The van der Waals surface area contributed by atoms with Gasteiger partial charge in [0, 0.05) is 6.42 Å². The second-order valence-corrected chi connectivity index (χ2v) is 22.8. The number of nitrogens with zero attached hydrogens (tertiary/aromatic N) is 1. The Hall–Kier alpha value is -0.760. The molecule has 0 rings (SSSR count). The molecule has 66 heavy (non-hydrogen) atoms. The zero-order valence-corrected chi connectivity index (χ0v) is 45.9. The van der Waals surface area contributed by atoms with Crippen molar-refractivity contribution < 1.29 is 32.9 Å². The zero-order valence-electron chi connectivity index (χ0n) is 45.0. The van der Waals surface area contributed by atoms with Crippen LogP contribution in [0, 0.1) is 0 Å². The largest absolute Gasteiger partial charge is 0.472 e. The molecule has 3 unspecified atom stereocenters. The first-order valence-electron chi connectivity index (χ1n) is 29.1. The number of amides is 1. The lowest BCUT2D eigenvalue weighted by atomic mass is 10.0. The number of phosphoric ester groups is 1. The molecule has 0 saturated carbocycles.